The Bertz CT molecular complexity index is 1110. The quantitative estimate of drug-likeness (QED) is 0.372. The summed E-state index contributed by atoms with van der Waals surface area (Å²) in [5.74, 6) is -1.00. The first kappa shape index (κ1) is 21.3. The number of nitrogens with zero attached hydrogens (tertiary/aromatic N) is 2. The molecule has 10 heteroatoms. The molecule has 2 aromatic carbocycles. The van der Waals surface area contributed by atoms with E-state index in [0.29, 0.717) is 15.8 Å². The maximum atomic E-state index is 13.1. The highest BCUT2D eigenvalue weighted by Crippen LogP contribution is 2.35. The van der Waals surface area contributed by atoms with E-state index in [1.165, 1.54) is 6.08 Å². The Morgan fingerprint density at radius 1 is 1.28 bits per heavy atom. The number of thiocarbonyl (C=S) groups is 1. The van der Waals surface area contributed by atoms with Crippen molar-refractivity contribution in [3.63, 3.8) is 0 Å². The number of nitriles is 1. The predicted octanol–water partition coefficient (Wildman–Crippen LogP) is 4.49. The van der Waals surface area contributed by atoms with Gasteiger partial charge in [-0.1, -0.05) is 45.2 Å². The van der Waals surface area contributed by atoms with Gasteiger partial charge in [0.25, 0.3) is 11.8 Å². The van der Waals surface area contributed by atoms with E-state index in [0.717, 1.165) is 4.90 Å². The van der Waals surface area contributed by atoms with E-state index in [2.05, 4.69) is 21.2 Å². The number of benzene rings is 2. The van der Waals surface area contributed by atoms with Gasteiger partial charge in [-0.25, -0.2) is 0 Å². The summed E-state index contributed by atoms with van der Waals surface area (Å²) in [6, 6.07) is 11.6. The van der Waals surface area contributed by atoms with Crippen molar-refractivity contribution in [1.29, 1.82) is 5.26 Å². The van der Waals surface area contributed by atoms with Gasteiger partial charge in [-0.3, -0.25) is 19.8 Å². The third-order valence-electron chi connectivity index (χ3n) is 3.84. The minimum absolute atomic E-state index is 0.114. The summed E-state index contributed by atoms with van der Waals surface area (Å²) in [4.78, 5) is 26.7. The van der Waals surface area contributed by atoms with Crippen molar-refractivity contribution >= 4 is 80.0 Å². The summed E-state index contributed by atoms with van der Waals surface area (Å²) < 4.78 is 6.07. The van der Waals surface area contributed by atoms with Crippen LogP contribution in [0.2, 0.25) is 10.0 Å². The molecule has 0 spiro atoms. The lowest BCUT2D eigenvalue weighted by Crippen LogP contribution is -2.54. The van der Waals surface area contributed by atoms with Crippen molar-refractivity contribution in [2.24, 2.45) is 0 Å². The van der Waals surface area contributed by atoms with Crippen LogP contribution in [0.3, 0.4) is 0 Å². The first-order chi connectivity index (χ1) is 13.8. The number of hydrogen-bond donors (Lipinski definition) is 1. The molecule has 2 amide bonds. The highest BCUT2D eigenvalue weighted by molar-refractivity contribution is 9.10. The molecule has 29 heavy (non-hydrogen) atoms. The van der Waals surface area contributed by atoms with Gasteiger partial charge in [0.15, 0.2) is 11.7 Å². The van der Waals surface area contributed by atoms with Crippen LogP contribution in [0.25, 0.3) is 6.08 Å². The van der Waals surface area contributed by atoms with Crippen LogP contribution in [0.4, 0.5) is 5.69 Å². The number of hydrogen-bond acceptors (Lipinski definition) is 5. The molecule has 1 N–H and O–H groups in total. The van der Waals surface area contributed by atoms with Crippen molar-refractivity contribution < 1.29 is 14.3 Å². The molecular formula is C19H10BrCl2N3O3S. The van der Waals surface area contributed by atoms with Crippen LogP contribution in [0, 0.1) is 11.3 Å². The smallest absolute Gasteiger partial charge is 0.270 e. The number of carbonyl (C=O) groups excluding carboxylic acids is 2. The van der Waals surface area contributed by atoms with Crippen LogP contribution in [-0.4, -0.2) is 23.5 Å². The summed E-state index contributed by atoms with van der Waals surface area (Å²) in [7, 11) is 0. The average molecular weight is 511 g/mol. The Morgan fingerprint density at radius 3 is 2.76 bits per heavy atom. The van der Waals surface area contributed by atoms with Gasteiger partial charge in [0.05, 0.1) is 15.7 Å². The number of amides is 2. The topological polar surface area (TPSA) is 82.4 Å². The molecule has 0 radical (unpaired) electrons. The normalized spacial score (nSPS) is 15.3. The second-order valence-corrected chi connectivity index (χ2v) is 7.75. The molecule has 0 aromatic heterocycles. The van der Waals surface area contributed by atoms with Crippen LogP contribution in [0.15, 0.2) is 46.4 Å². The number of halogens is 3. The van der Waals surface area contributed by atoms with E-state index in [1.807, 2.05) is 6.07 Å². The number of anilines is 1. The lowest BCUT2D eigenvalue weighted by atomic mass is 10.1. The third-order valence-corrected chi connectivity index (χ3v) is 5.42. The van der Waals surface area contributed by atoms with Crippen LogP contribution in [0.1, 0.15) is 5.56 Å². The van der Waals surface area contributed by atoms with E-state index in [9.17, 15) is 9.59 Å². The fourth-order valence-electron chi connectivity index (χ4n) is 2.57. The van der Waals surface area contributed by atoms with Gasteiger partial charge in [0.1, 0.15) is 17.4 Å². The van der Waals surface area contributed by atoms with Gasteiger partial charge in [-0.05, 0) is 48.6 Å². The Labute approximate surface area is 189 Å². The van der Waals surface area contributed by atoms with Gasteiger partial charge >= 0.3 is 0 Å². The van der Waals surface area contributed by atoms with Crippen LogP contribution in [-0.2, 0) is 9.59 Å². The maximum absolute atomic E-state index is 13.1. The van der Waals surface area contributed by atoms with Gasteiger partial charge < -0.3 is 4.74 Å². The third kappa shape index (κ3) is 4.43. The molecule has 0 atom stereocenters. The highest BCUT2D eigenvalue weighted by Gasteiger charge is 2.35. The minimum Gasteiger partial charge on any atom is -0.478 e. The van der Waals surface area contributed by atoms with Crippen molar-refractivity contribution in [2.75, 3.05) is 11.5 Å². The van der Waals surface area contributed by atoms with Crippen molar-refractivity contribution in [1.82, 2.24) is 5.32 Å². The zero-order valence-corrected chi connectivity index (χ0v) is 18.3. The van der Waals surface area contributed by atoms with Gasteiger partial charge in [0.2, 0.25) is 0 Å². The summed E-state index contributed by atoms with van der Waals surface area (Å²) >= 11 is 20.8. The van der Waals surface area contributed by atoms with Crippen molar-refractivity contribution in [3.05, 3.63) is 62.1 Å². The highest BCUT2D eigenvalue weighted by atomic mass is 79.9. The van der Waals surface area contributed by atoms with E-state index >= 15 is 0 Å². The molecular weight excluding hydrogens is 501 g/mol. The van der Waals surface area contributed by atoms with E-state index in [-0.39, 0.29) is 33.0 Å². The number of ether oxygens (including phenoxy) is 1. The van der Waals surface area contributed by atoms with Crippen molar-refractivity contribution in [3.8, 4) is 11.8 Å². The zero-order valence-electron chi connectivity index (χ0n) is 14.4. The molecule has 0 bridgehead atoms. The Hall–Kier alpha value is -2.44. The average Bonchev–Trinajstić information content (AvgIpc) is 2.67. The Kier molecular flexibility index (Phi) is 6.55. The second kappa shape index (κ2) is 8.93. The molecule has 2 aromatic rings. The van der Waals surface area contributed by atoms with Gasteiger partial charge in [-0.2, -0.15) is 5.26 Å². The zero-order chi connectivity index (χ0) is 21.1. The molecule has 0 aliphatic carbocycles. The first-order valence-corrected chi connectivity index (χ1v) is 9.94. The van der Waals surface area contributed by atoms with E-state index < -0.39 is 11.8 Å². The Morgan fingerprint density at radius 2 is 2.03 bits per heavy atom. The van der Waals surface area contributed by atoms with Crippen LogP contribution < -0.4 is 15.0 Å². The summed E-state index contributed by atoms with van der Waals surface area (Å²) in [6.45, 7) is -0.188. The fraction of sp³-hybridized carbons (Fsp3) is 0.0526. The molecule has 146 valence electrons. The van der Waals surface area contributed by atoms with Crippen LogP contribution >= 0.6 is 51.3 Å². The lowest BCUT2D eigenvalue weighted by Gasteiger charge is -2.29. The summed E-state index contributed by atoms with van der Waals surface area (Å²) in [5.41, 5.74) is 0.489. The summed E-state index contributed by atoms with van der Waals surface area (Å²) in [5, 5.41) is 11.5. The molecule has 1 aliphatic rings. The molecule has 0 saturated carbocycles. The molecule has 1 heterocycles. The Balaban J connectivity index is 2.08. The molecule has 1 fully saturated rings. The molecule has 6 nitrogen and oxygen atoms in total. The second-order valence-electron chi connectivity index (χ2n) is 5.66. The molecule has 1 aliphatic heterocycles. The van der Waals surface area contributed by atoms with E-state index in [4.69, 9.17) is 45.4 Å². The molecule has 1 saturated heterocycles. The molecule has 0 unspecified atom stereocenters. The van der Waals surface area contributed by atoms with Gasteiger partial charge in [-0.15, -0.1) is 0 Å². The first-order valence-electron chi connectivity index (χ1n) is 7.98. The summed E-state index contributed by atoms with van der Waals surface area (Å²) in [6.07, 6.45) is 1.36. The SMILES string of the molecule is N#CCOc1ccc(Br)cc1/C=C1\C(=O)NC(=S)N(c2cccc(Cl)c2Cl)C1=O. The minimum atomic E-state index is -0.672. The van der Waals surface area contributed by atoms with E-state index in [1.54, 1.807) is 36.4 Å². The standard InChI is InChI=1S/C19H10BrCl2N3O3S/c20-11-4-5-15(28-7-6-23)10(8-11)9-12-17(26)24-19(29)25(18(12)27)14-3-1-2-13(21)16(14)22/h1-5,8-9H,7H2,(H,24,26,29)/b12-9+. The lowest BCUT2D eigenvalue weighted by molar-refractivity contribution is -0.122. The predicted molar refractivity (Wildman–Crippen MR) is 118 cm³/mol. The molecule has 3 rings (SSSR count). The maximum Gasteiger partial charge on any atom is 0.270 e. The van der Waals surface area contributed by atoms with Crippen molar-refractivity contribution in [2.45, 2.75) is 0 Å². The number of rotatable bonds is 4. The fourth-order valence-corrected chi connectivity index (χ4v) is 3.60. The number of nitrogens with one attached hydrogen (secondary N) is 1. The largest absolute Gasteiger partial charge is 0.478 e. The van der Waals surface area contributed by atoms with Gasteiger partial charge in [0, 0.05) is 10.0 Å². The monoisotopic (exact) mass is 509 g/mol. The van der Waals surface area contributed by atoms with Crippen LogP contribution in [0.5, 0.6) is 5.75 Å². The number of carbonyl (C=O) groups is 2.